The maximum absolute atomic E-state index is 6.10. The lowest BCUT2D eigenvalue weighted by molar-refractivity contribution is 0.00328. The second-order valence-corrected chi connectivity index (χ2v) is 6.92. The largest absolute Gasteiger partial charge is 0.497 e. The Labute approximate surface area is 173 Å². The summed E-state index contributed by atoms with van der Waals surface area (Å²) >= 11 is 0. The molecule has 0 amide bonds. The Bertz CT molecular complexity index is 1150. The molecule has 0 unspecified atom stereocenters. The highest BCUT2D eigenvalue weighted by molar-refractivity contribution is 5.59. The van der Waals surface area contributed by atoms with Crippen molar-refractivity contribution in [1.29, 1.82) is 0 Å². The van der Waals surface area contributed by atoms with Gasteiger partial charge in [0.15, 0.2) is 5.69 Å². The van der Waals surface area contributed by atoms with Crippen molar-refractivity contribution < 1.29 is 18.7 Å². The number of fused-ring (bicyclic) bond motifs is 1. The highest BCUT2D eigenvalue weighted by atomic mass is 16.5. The molecule has 152 valence electrons. The summed E-state index contributed by atoms with van der Waals surface area (Å²) in [6, 6.07) is 15.4. The second kappa shape index (κ2) is 7.64. The molecule has 0 saturated heterocycles. The Hall–Kier alpha value is -3.65. The normalized spacial score (nSPS) is 15.6. The van der Waals surface area contributed by atoms with Gasteiger partial charge in [0, 0.05) is 5.56 Å². The number of hydrogen-bond acceptors (Lipinski definition) is 7. The Morgan fingerprint density at radius 2 is 1.67 bits per heavy atom. The van der Waals surface area contributed by atoms with Crippen LogP contribution in [0.2, 0.25) is 0 Å². The van der Waals surface area contributed by atoms with Crippen molar-refractivity contribution in [3.8, 4) is 34.5 Å². The first kappa shape index (κ1) is 18.4. The van der Waals surface area contributed by atoms with Gasteiger partial charge < -0.3 is 23.3 Å². The minimum absolute atomic E-state index is 0.0528. The van der Waals surface area contributed by atoms with Crippen molar-refractivity contribution in [3.63, 3.8) is 0 Å². The topological polar surface area (TPSA) is 84.4 Å². The smallest absolute Gasteiger partial charge is 0.278 e. The molecule has 1 aliphatic rings. The molecule has 0 spiro atoms. The van der Waals surface area contributed by atoms with E-state index in [9.17, 15) is 0 Å². The van der Waals surface area contributed by atoms with Crippen LogP contribution in [-0.4, -0.2) is 33.9 Å². The van der Waals surface area contributed by atoms with E-state index < -0.39 is 0 Å². The average Bonchev–Trinajstić information content (AvgIpc) is 3.46. The summed E-state index contributed by atoms with van der Waals surface area (Å²) in [7, 11) is 3.29. The van der Waals surface area contributed by atoms with Gasteiger partial charge >= 0.3 is 0 Å². The van der Waals surface area contributed by atoms with Gasteiger partial charge in [-0.3, -0.25) is 0 Å². The maximum Gasteiger partial charge on any atom is 0.278 e. The van der Waals surface area contributed by atoms with Gasteiger partial charge in [0.2, 0.25) is 5.82 Å². The number of aromatic nitrogens is 4. The fourth-order valence-corrected chi connectivity index (χ4v) is 3.50. The molecule has 0 fully saturated rings. The molecule has 0 bridgehead atoms. The van der Waals surface area contributed by atoms with Crippen molar-refractivity contribution in [2.75, 3.05) is 14.2 Å². The summed E-state index contributed by atoms with van der Waals surface area (Å²) in [4.78, 5) is 9.02. The molecule has 1 atom stereocenters. The van der Waals surface area contributed by atoms with E-state index in [1.54, 1.807) is 20.5 Å². The number of nitrogens with zero attached hydrogens (tertiary/aromatic N) is 4. The van der Waals surface area contributed by atoms with Gasteiger partial charge in [0.1, 0.15) is 17.6 Å². The van der Waals surface area contributed by atoms with Crippen LogP contribution < -0.4 is 9.47 Å². The zero-order chi connectivity index (χ0) is 20.5. The Balaban J connectivity index is 1.37. The first-order valence-corrected chi connectivity index (χ1v) is 9.53. The zero-order valence-corrected chi connectivity index (χ0v) is 16.6. The van der Waals surface area contributed by atoms with Crippen LogP contribution in [-0.2, 0) is 17.9 Å². The minimum atomic E-state index is -0.0528. The number of hydrogen-bond donors (Lipinski definition) is 0. The average molecular weight is 404 g/mol. The van der Waals surface area contributed by atoms with Gasteiger partial charge in [-0.05, 0) is 42.0 Å². The third kappa shape index (κ3) is 3.31. The van der Waals surface area contributed by atoms with Gasteiger partial charge in [-0.15, -0.1) is 0 Å². The van der Waals surface area contributed by atoms with E-state index >= 15 is 0 Å². The molecule has 0 saturated carbocycles. The Morgan fingerprint density at radius 1 is 0.967 bits per heavy atom. The molecule has 3 heterocycles. The highest BCUT2D eigenvalue weighted by Crippen LogP contribution is 2.32. The SMILES string of the molecule is COc1ccc(-c2noc(-c3ncn4c3CO[C@@H](c3ccc(OC)cc3)C4)n2)cc1. The van der Waals surface area contributed by atoms with Crippen molar-refractivity contribution in [2.24, 2.45) is 0 Å². The van der Waals surface area contributed by atoms with Crippen LogP contribution >= 0.6 is 0 Å². The minimum Gasteiger partial charge on any atom is -0.497 e. The van der Waals surface area contributed by atoms with Crippen LogP contribution in [0.1, 0.15) is 17.4 Å². The number of benzene rings is 2. The third-order valence-corrected chi connectivity index (χ3v) is 5.19. The number of imidazole rings is 1. The fraction of sp³-hybridized carbons (Fsp3) is 0.227. The maximum atomic E-state index is 6.10. The van der Waals surface area contributed by atoms with E-state index in [-0.39, 0.29) is 6.10 Å². The summed E-state index contributed by atoms with van der Waals surface area (Å²) in [5, 5.41) is 4.10. The quantitative estimate of drug-likeness (QED) is 0.499. The van der Waals surface area contributed by atoms with E-state index in [4.69, 9.17) is 18.7 Å². The number of methoxy groups -OCH3 is 2. The molecular weight excluding hydrogens is 384 g/mol. The first-order chi connectivity index (χ1) is 14.7. The molecule has 8 nitrogen and oxygen atoms in total. The zero-order valence-electron chi connectivity index (χ0n) is 16.6. The molecule has 2 aromatic carbocycles. The van der Waals surface area contributed by atoms with E-state index in [1.807, 2.05) is 48.5 Å². The molecule has 4 aromatic rings. The van der Waals surface area contributed by atoms with Crippen molar-refractivity contribution >= 4 is 0 Å². The van der Waals surface area contributed by atoms with Gasteiger partial charge in [-0.1, -0.05) is 17.3 Å². The van der Waals surface area contributed by atoms with Crippen LogP contribution in [0.4, 0.5) is 0 Å². The predicted octanol–water partition coefficient (Wildman–Crippen LogP) is 3.89. The highest BCUT2D eigenvalue weighted by Gasteiger charge is 2.26. The van der Waals surface area contributed by atoms with Gasteiger partial charge in [0.05, 0.1) is 39.4 Å². The third-order valence-electron chi connectivity index (χ3n) is 5.19. The molecule has 1 aliphatic heterocycles. The summed E-state index contributed by atoms with van der Waals surface area (Å²) in [5.74, 6) is 2.47. The molecule has 30 heavy (non-hydrogen) atoms. The van der Waals surface area contributed by atoms with E-state index in [1.165, 1.54) is 0 Å². The Kier molecular flexibility index (Phi) is 4.68. The molecule has 0 aliphatic carbocycles. The summed E-state index contributed by atoms with van der Waals surface area (Å²) in [5.41, 5.74) is 3.51. The molecule has 0 radical (unpaired) electrons. The molecular formula is C22H20N4O4. The lowest BCUT2D eigenvalue weighted by Gasteiger charge is -2.25. The molecule has 2 aromatic heterocycles. The van der Waals surface area contributed by atoms with Gasteiger partial charge in [-0.25, -0.2) is 4.98 Å². The van der Waals surface area contributed by atoms with Crippen LogP contribution in [0, 0.1) is 0 Å². The van der Waals surface area contributed by atoms with E-state index in [0.29, 0.717) is 30.6 Å². The standard InChI is InChI=1S/C22H20N4O4/c1-27-16-7-3-14(4-8-16)19-11-26-13-23-20(18(26)12-29-19)22-24-21(25-30-22)15-5-9-17(28-2)10-6-15/h3-10,13,19H,11-12H2,1-2H3/t19-/m1/s1. The van der Waals surface area contributed by atoms with Gasteiger partial charge in [0.25, 0.3) is 5.89 Å². The van der Waals surface area contributed by atoms with Crippen molar-refractivity contribution in [1.82, 2.24) is 19.7 Å². The molecule has 8 heteroatoms. The van der Waals surface area contributed by atoms with E-state index in [0.717, 1.165) is 28.3 Å². The van der Waals surface area contributed by atoms with Crippen LogP contribution in [0.25, 0.3) is 23.0 Å². The summed E-state index contributed by atoms with van der Waals surface area (Å²) in [6.45, 7) is 1.07. The van der Waals surface area contributed by atoms with Crippen LogP contribution in [0.3, 0.4) is 0 Å². The summed E-state index contributed by atoms with van der Waals surface area (Å²) < 4.78 is 24.1. The molecule has 0 N–H and O–H groups in total. The number of ether oxygens (including phenoxy) is 3. The van der Waals surface area contributed by atoms with E-state index in [2.05, 4.69) is 19.7 Å². The monoisotopic (exact) mass is 404 g/mol. The number of rotatable bonds is 5. The summed E-state index contributed by atoms with van der Waals surface area (Å²) in [6.07, 6.45) is 1.74. The van der Waals surface area contributed by atoms with Crippen LogP contribution in [0.15, 0.2) is 59.4 Å². The van der Waals surface area contributed by atoms with Crippen molar-refractivity contribution in [3.05, 3.63) is 66.1 Å². The lowest BCUT2D eigenvalue weighted by atomic mass is 10.1. The molecule has 5 rings (SSSR count). The van der Waals surface area contributed by atoms with Crippen LogP contribution in [0.5, 0.6) is 11.5 Å². The first-order valence-electron chi connectivity index (χ1n) is 9.53. The fourth-order valence-electron chi connectivity index (χ4n) is 3.50. The lowest BCUT2D eigenvalue weighted by Crippen LogP contribution is -2.20. The van der Waals surface area contributed by atoms with Crippen molar-refractivity contribution in [2.45, 2.75) is 19.3 Å². The predicted molar refractivity (Wildman–Crippen MR) is 108 cm³/mol. The Morgan fingerprint density at radius 3 is 2.37 bits per heavy atom. The second-order valence-electron chi connectivity index (χ2n) is 6.92. The van der Waals surface area contributed by atoms with Gasteiger partial charge in [-0.2, -0.15) is 4.98 Å².